The van der Waals surface area contributed by atoms with E-state index in [1.807, 2.05) is 42.5 Å². The molecule has 25 heavy (non-hydrogen) atoms. The minimum atomic E-state index is -0.229. The zero-order valence-electron chi connectivity index (χ0n) is 13.4. The molecule has 1 N–H and O–H groups in total. The lowest BCUT2D eigenvalue weighted by atomic mass is 10.2. The molecule has 4 rings (SSSR count). The highest BCUT2D eigenvalue weighted by Gasteiger charge is 2.16. The van der Waals surface area contributed by atoms with Crippen molar-refractivity contribution in [2.75, 3.05) is 25.1 Å². The van der Waals surface area contributed by atoms with E-state index in [2.05, 4.69) is 10.3 Å². The summed E-state index contributed by atoms with van der Waals surface area (Å²) in [5.74, 6) is 1.17. The third-order valence-corrected chi connectivity index (χ3v) is 4.58. The van der Waals surface area contributed by atoms with Crippen LogP contribution >= 0.6 is 11.3 Å². The van der Waals surface area contributed by atoms with Gasteiger partial charge in [-0.25, -0.2) is 4.98 Å². The first-order valence-corrected chi connectivity index (χ1v) is 8.71. The first kappa shape index (κ1) is 15.9. The molecule has 0 saturated carbocycles. The van der Waals surface area contributed by atoms with Crippen LogP contribution in [-0.2, 0) is 16.1 Å². The number of carbonyl (C=O) groups is 1. The molecule has 3 aromatic rings. The summed E-state index contributed by atoms with van der Waals surface area (Å²) in [6, 6.07) is 13.5. The predicted octanol–water partition coefficient (Wildman–Crippen LogP) is 3.22. The van der Waals surface area contributed by atoms with Gasteiger partial charge in [0.2, 0.25) is 0 Å². The molecule has 1 aliphatic rings. The minimum absolute atomic E-state index is 0.0203. The third-order valence-electron chi connectivity index (χ3n) is 3.64. The number of carbonyl (C=O) groups excluding carboxylic acids is 1. The van der Waals surface area contributed by atoms with Crippen LogP contribution in [0, 0.1) is 0 Å². The highest BCUT2D eigenvalue weighted by molar-refractivity contribution is 7.22. The molecule has 0 spiro atoms. The number of hydrogen-bond donors (Lipinski definition) is 1. The highest BCUT2D eigenvalue weighted by Crippen LogP contribution is 2.37. The molecule has 0 atom stereocenters. The fourth-order valence-electron chi connectivity index (χ4n) is 2.51. The fourth-order valence-corrected chi connectivity index (χ4v) is 3.40. The van der Waals surface area contributed by atoms with Gasteiger partial charge in [-0.05, 0) is 5.56 Å². The molecule has 0 radical (unpaired) electrons. The van der Waals surface area contributed by atoms with Gasteiger partial charge in [0.05, 0.1) is 16.8 Å². The van der Waals surface area contributed by atoms with Gasteiger partial charge in [0.25, 0.3) is 5.91 Å². The molecule has 2 heterocycles. The van der Waals surface area contributed by atoms with Crippen LogP contribution in [0.3, 0.4) is 0 Å². The van der Waals surface area contributed by atoms with E-state index >= 15 is 0 Å². The summed E-state index contributed by atoms with van der Waals surface area (Å²) in [6.45, 7) is 1.45. The van der Waals surface area contributed by atoms with Crippen LogP contribution in [0.4, 0.5) is 5.13 Å². The summed E-state index contributed by atoms with van der Waals surface area (Å²) in [7, 11) is 0. The van der Waals surface area contributed by atoms with Gasteiger partial charge < -0.3 is 14.2 Å². The van der Waals surface area contributed by atoms with Gasteiger partial charge in [0.15, 0.2) is 16.6 Å². The lowest BCUT2D eigenvalue weighted by molar-refractivity contribution is -0.121. The van der Waals surface area contributed by atoms with E-state index in [0.717, 1.165) is 15.8 Å². The van der Waals surface area contributed by atoms with Gasteiger partial charge in [-0.1, -0.05) is 41.7 Å². The molecule has 1 aromatic heterocycles. The maximum atomic E-state index is 12.0. The lowest BCUT2D eigenvalue weighted by Crippen LogP contribution is -2.18. The number of amides is 1. The number of ether oxygens (including phenoxy) is 3. The third kappa shape index (κ3) is 3.72. The Kier molecular flexibility index (Phi) is 4.49. The van der Waals surface area contributed by atoms with Gasteiger partial charge in [-0.3, -0.25) is 10.1 Å². The first-order chi connectivity index (χ1) is 12.3. The van der Waals surface area contributed by atoms with E-state index in [0.29, 0.717) is 36.5 Å². The Morgan fingerprint density at radius 3 is 2.72 bits per heavy atom. The van der Waals surface area contributed by atoms with Gasteiger partial charge in [-0.2, -0.15) is 0 Å². The van der Waals surface area contributed by atoms with Crippen molar-refractivity contribution in [1.29, 1.82) is 0 Å². The standard InChI is InChI=1S/C18H16N2O4S/c21-17(11-22-10-12-4-2-1-3-5-12)20-18-19-13-8-14-15(9-16(13)25-18)24-7-6-23-14/h1-5,8-9H,6-7,10-11H2,(H,19,20,21). The molecule has 0 bridgehead atoms. The molecule has 0 unspecified atom stereocenters. The van der Waals surface area contributed by atoms with Gasteiger partial charge in [0, 0.05) is 12.1 Å². The number of fused-ring (bicyclic) bond motifs is 2. The largest absolute Gasteiger partial charge is 0.486 e. The minimum Gasteiger partial charge on any atom is -0.486 e. The van der Waals surface area contributed by atoms with E-state index in [1.54, 1.807) is 0 Å². The number of aromatic nitrogens is 1. The van der Waals surface area contributed by atoms with Crippen molar-refractivity contribution in [1.82, 2.24) is 4.98 Å². The monoisotopic (exact) mass is 356 g/mol. The quantitative estimate of drug-likeness (QED) is 0.760. The SMILES string of the molecule is O=C(COCc1ccccc1)Nc1nc2cc3c(cc2s1)OCCO3. The molecule has 7 heteroatoms. The number of benzene rings is 2. The summed E-state index contributed by atoms with van der Waals surface area (Å²) in [6.07, 6.45) is 0. The van der Waals surface area contributed by atoms with Crippen LogP contribution in [0.15, 0.2) is 42.5 Å². The second-order valence-electron chi connectivity index (χ2n) is 5.51. The van der Waals surface area contributed by atoms with Crippen LogP contribution < -0.4 is 14.8 Å². The smallest absolute Gasteiger partial charge is 0.252 e. The Labute approximate surface area is 148 Å². The van der Waals surface area contributed by atoms with E-state index < -0.39 is 0 Å². The molecular weight excluding hydrogens is 340 g/mol. The first-order valence-electron chi connectivity index (χ1n) is 7.90. The van der Waals surface area contributed by atoms with Crippen molar-refractivity contribution in [2.45, 2.75) is 6.61 Å². The zero-order chi connectivity index (χ0) is 17.1. The van der Waals surface area contributed by atoms with Crippen molar-refractivity contribution in [3.63, 3.8) is 0 Å². The number of hydrogen-bond acceptors (Lipinski definition) is 6. The summed E-state index contributed by atoms with van der Waals surface area (Å²) in [4.78, 5) is 16.4. The van der Waals surface area contributed by atoms with Crippen molar-refractivity contribution in [3.05, 3.63) is 48.0 Å². The van der Waals surface area contributed by atoms with E-state index in [9.17, 15) is 4.79 Å². The highest BCUT2D eigenvalue weighted by atomic mass is 32.1. The summed E-state index contributed by atoms with van der Waals surface area (Å²) < 4.78 is 17.5. The van der Waals surface area contributed by atoms with Crippen molar-refractivity contribution < 1.29 is 19.0 Å². The summed E-state index contributed by atoms with van der Waals surface area (Å²) in [5, 5.41) is 3.30. The topological polar surface area (TPSA) is 69.7 Å². The molecule has 0 saturated heterocycles. The molecule has 128 valence electrons. The maximum Gasteiger partial charge on any atom is 0.252 e. The zero-order valence-corrected chi connectivity index (χ0v) is 14.2. The van der Waals surface area contributed by atoms with Crippen molar-refractivity contribution in [3.8, 4) is 11.5 Å². The van der Waals surface area contributed by atoms with Crippen LogP contribution in [0.1, 0.15) is 5.56 Å². The predicted molar refractivity (Wildman–Crippen MR) is 95.3 cm³/mol. The van der Waals surface area contributed by atoms with Crippen LogP contribution in [0.25, 0.3) is 10.2 Å². The number of nitrogens with zero attached hydrogens (tertiary/aromatic N) is 1. The van der Waals surface area contributed by atoms with E-state index in [4.69, 9.17) is 14.2 Å². The van der Waals surface area contributed by atoms with Crippen LogP contribution in [-0.4, -0.2) is 30.7 Å². The Balaban J connectivity index is 1.37. The fraction of sp³-hybridized carbons (Fsp3) is 0.222. The second-order valence-corrected chi connectivity index (χ2v) is 6.54. The summed E-state index contributed by atoms with van der Waals surface area (Å²) >= 11 is 1.39. The Morgan fingerprint density at radius 1 is 1.16 bits per heavy atom. The molecule has 0 fully saturated rings. The summed E-state index contributed by atoms with van der Waals surface area (Å²) in [5.41, 5.74) is 1.80. The molecule has 2 aromatic carbocycles. The molecule has 0 aliphatic carbocycles. The Hall–Kier alpha value is -2.64. The molecule has 6 nitrogen and oxygen atoms in total. The molecular formula is C18H16N2O4S. The second kappa shape index (κ2) is 7.08. The number of nitrogens with one attached hydrogen (secondary N) is 1. The van der Waals surface area contributed by atoms with Crippen molar-refractivity contribution >= 4 is 32.6 Å². The Morgan fingerprint density at radius 2 is 1.92 bits per heavy atom. The van der Waals surface area contributed by atoms with Gasteiger partial charge >= 0.3 is 0 Å². The van der Waals surface area contributed by atoms with Crippen molar-refractivity contribution in [2.24, 2.45) is 0 Å². The van der Waals surface area contributed by atoms with Gasteiger partial charge in [0.1, 0.15) is 19.8 Å². The van der Waals surface area contributed by atoms with Crippen LogP contribution in [0.5, 0.6) is 11.5 Å². The lowest BCUT2D eigenvalue weighted by Gasteiger charge is -2.17. The van der Waals surface area contributed by atoms with Gasteiger partial charge in [-0.15, -0.1) is 0 Å². The maximum absolute atomic E-state index is 12.0. The number of rotatable bonds is 5. The van der Waals surface area contributed by atoms with E-state index in [-0.39, 0.29) is 12.5 Å². The average Bonchev–Trinajstić information content (AvgIpc) is 3.01. The number of thiazole rings is 1. The van der Waals surface area contributed by atoms with Crippen LogP contribution in [0.2, 0.25) is 0 Å². The average molecular weight is 356 g/mol. The molecule has 1 amide bonds. The number of anilines is 1. The van der Waals surface area contributed by atoms with E-state index in [1.165, 1.54) is 11.3 Å². The Bertz CT molecular complexity index is 852. The molecule has 1 aliphatic heterocycles. The normalized spacial score (nSPS) is 13.0.